The van der Waals surface area contributed by atoms with Gasteiger partial charge < -0.3 is 4.74 Å². The molecule has 1 aliphatic carbocycles. The van der Waals surface area contributed by atoms with Crippen LogP contribution in [-0.4, -0.2) is 38.1 Å². The highest BCUT2D eigenvalue weighted by Gasteiger charge is 2.24. The van der Waals surface area contributed by atoms with Gasteiger partial charge in [-0.1, -0.05) is 42.6 Å². The Kier molecular flexibility index (Phi) is 8.77. The number of benzene rings is 2. The number of esters is 1. The smallest absolute Gasteiger partial charge is 0.308 e. The van der Waals surface area contributed by atoms with E-state index in [0.717, 1.165) is 34.9 Å². The summed E-state index contributed by atoms with van der Waals surface area (Å²) in [6.07, 6.45) is 5.71. The molecule has 36 heavy (non-hydrogen) atoms. The third-order valence-corrected chi connectivity index (χ3v) is 7.12. The molecule has 1 N–H and O–H groups in total. The number of rotatable bonds is 8. The maximum atomic E-state index is 12.6. The number of thioether (sulfide) groups is 1. The molecule has 1 heterocycles. The predicted octanol–water partition coefficient (Wildman–Crippen LogP) is 5.66. The van der Waals surface area contributed by atoms with Gasteiger partial charge in [-0.3, -0.25) is 14.2 Å². The van der Waals surface area contributed by atoms with Gasteiger partial charge in [0.15, 0.2) is 11.0 Å². The van der Waals surface area contributed by atoms with Gasteiger partial charge in [0.05, 0.1) is 11.5 Å². The molecule has 8 nitrogen and oxygen atoms in total. The zero-order chi connectivity index (χ0) is 25.5. The van der Waals surface area contributed by atoms with Crippen LogP contribution in [0.5, 0.6) is 5.75 Å². The van der Waals surface area contributed by atoms with Crippen molar-refractivity contribution >= 4 is 41.0 Å². The van der Waals surface area contributed by atoms with Crippen molar-refractivity contribution in [3.05, 3.63) is 59.1 Å². The first-order chi connectivity index (χ1) is 17.4. The van der Waals surface area contributed by atoms with Gasteiger partial charge in [-0.05, 0) is 73.9 Å². The van der Waals surface area contributed by atoms with Crippen molar-refractivity contribution in [3.8, 4) is 17.1 Å². The SMILES string of the molecule is CC(=O)Oc1ccc(/C(C)=N/NC(=O)CSc2nnc(-c3ccc(Cl)cc3)n2C2CCCCC2)cc1. The molecule has 0 bridgehead atoms. The molecule has 1 saturated carbocycles. The Morgan fingerprint density at radius 1 is 1.06 bits per heavy atom. The van der Waals surface area contributed by atoms with Crippen LogP contribution in [0.1, 0.15) is 57.6 Å². The topological polar surface area (TPSA) is 98.5 Å². The van der Waals surface area contributed by atoms with E-state index in [1.807, 2.05) is 24.3 Å². The van der Waals surface area contributed by atoms with Gasteiger partial charge in [0.2, 0.25) is 0 Å². The van der Waals surface area contributed by atoms with Crippen LogP contribution in [-0.2, 0) is 9.59 Å². The first-order valence-electron chi connectivity index (χ1n) is 11.9. The van der Waals surface area contributed by atoms with Crippen LogP contribution in [0.15, 0.2) is 58.8 Å². The van der Waals surface area contributed by atoms with Gasteiger partial charge in [0.1, 0.15) is 5.75 Å². The van der Waals surface area contributed by atoms with E-state index in [9.17, 15) is 9.59 Å². The summed E-state index contributed by atoms with van der Waals surface area (Å²) in [4.78, 5) is 23.6. The second-order valence-electron chi connectivity index (χ2n) is 8.61. The van der Waals surface area contributed by atoms with Gasteiger partial charge in [0.25, 0.3) is 5.91 Å². The number of hydrogen-bond donors (Lipinski definition) is 1. The number of nitrogens with one attached hydrogen (secondary N) is 1. The molecule has 1 aliphatic rings. The molecule has 0 aliphatic heterocycles. The summed E-state index contributed by atoms with van der Waals surface area (Å²) in [6.45, 7) is 3.15. The summed E-state index contributed by atoms with van der Waals surface area (Å²) >= 11 is 7.43. The molecule has 10 heteroatoms. The minimum Gasteiger partial charge on any atom is -0.427 e. The van der Waals surface area contributed by atoms with Crippen molar-refractivity contribution in [1.29, 1.82) is 0 Å². The van der Waals surface area contributed by atoms with Crippen molar-refractivity contribution < 1.29 is 14.3 Å². The lowest BCUT2D eigenvalue weighted by atomic mass is 9.95. The van der Waals surface area contributed by atoms with E-state index in [4.69, 9.17) is 16.3 Å². The zero-order valence-electron chi connectivity index (χ0n) is 20.2. The first kappa shape index (κ1) is 25.9. The Morgan fingerprint density at radius 3 is 2.42 bits per heavy atom. The Bertz CT molecular complexity index is 1240. The quantitative estimate of drug-likeness (QED) is 0.134. The summed E-state index contributed by atoms with van der Waals surface area (Å²) in [5.41, 5.74) is 5.01. The van der Waals surface area contributed by atoms with Crippen LogP contribution >= 0.6 is 23.4 Å². The Morgan fingerprint density at radius 2 is 1.75 bits per heavy atom. The van der Waals surface area contributed by atoms with E-state index >= 15 is 0 Å². The zero-order valence-corrected chi connectivity index (χ0v) is 21.8. The summed E-state index contributed by atoms with van der Waals surface area (Å²) in [7, 11) is 0. The molecular formula is C26H28ClN5O3S. The highest BCUT2D eigenvalue weighted by atomic mass is 35.5. The monoisotopic (exact) mass is 525 g/mol. The number of aromatic nitrogens is 3. The molecule has 4 rings (SSSR count). The number of hydrogen-bond acceptors (Lipinski definition) is 7. The molecular weight excluding hydrogens is 498 g/mol. The fraction of sp³-hybridized carbons (Fsp3) is 0.346. The third kappa shape index (κ3) is 6.73. The van der Waals surface area contributed by atoms with Crippen molar-refractivity contribution in [2.45, 2.75) is 57.1 Å². The lowest BCUT2D eigenvalue weighted by Crippen LogP contribution is -2.22. The fourth-order valence-corrected chi connectivity index (χ4v) is 5.07. The molecule has 0 spiro atoms. The van der Waals surface area contributed by atoms with Crippen LogP contribution in [0.4, 0.5) is 0 Å². The van der Waals surface area contributed by atoms with Gasteiger partial charge >= 0.3 is 5.97 Å². The second-order valence-corrected chi connectivity index (χ2v) is 9.99. The standard InChI is InChI=1S/C26H28ClN5O3S/c1-17(19-10-14-23(15-11-19)35-18(2)33)28-29-24(34)16-36-26-31-30-25(20-8-12-21(27)13-9-20)32(26)22-6-4-3-5-7-22/h8-15,22H,3-7,16H2,1-2H3,(H,29,34)/b28-17+. The summed E-state index contributed by atoms with van der Waals surface area (Å²) in [5, 5.41) is 14.5. The molecule has 1 fully saturated rings. The normalized spacial score (nSPS) is 14.5. The predicted molar refractivity (Wildman–Crippen MR) is 141 cm³/mol. The number of amides is 1. The van der Waals surface area contributed by atoms with Crippen LogP contribution in [0.3, 0.4) is 0 Å². The fourth-order valence-electron chi connectivity index (χ4n) is 4.14. The van der Waals surface area contributed by atoms with Gasteiger partial charge in [0, 0.05) is 23.6 Å². The van der Waals surface area contributed by atoms with Crippen molar-refractivity contribution in [3.63, 3.8) is 0 Å². The molecule has 0 saturated heterocycles. The maximum absolute atomic E-state index is 12.6. The highest BCUT2D eigenvalue weighted by molar-refractivity contribution is 7.99. The van der Waals surface area contributed by atoms with E-state index < -0.39 is 0 Å². The molecule has 1 aromatic heterocycles. The largest absolute Gasteiger partial charge is 0.427 e. The van der Waals surface area contributed by atoms with Crippen LogP contribution < -0.4 is 10.2 Å². The second kappa shape index (κ2) is 12.2. The van der Waals surface area contributed by atoms with Crippen LogP contribution in [0.2, 0.25) is 5.02 Å². The molecule has 3 aromatic rings. The highest BCUT2D eigenvalue weighted by Crippen LogP contribution is 2.35. The van der Waals surface area contributed by atoms with Crippen molar-refractivity contribution in [1.82, 2.24) is 20.2 Å². The van der Waals surface area contributed by atoms with E-state index in [2.05, 4.69) is 25.3 Å². The number of halogens is 1. The minimum absolute atomic E-state index is 0.160. The van der Waals surface area contributed by atoms with Gasteiger partial charge in [-0.25, -0.2) is 5.43 Å². The molecule has 0 radical (unpaired) electrons. The van der Waals surface area contributed by atoms with E-state index in [0.29, 0.717) is 22.5 Å². The Labute approximate surface area is 219 Å². The van der Waals surface area contributed by atoms with Crippen LogP contribution in [0, 0.1) is 0 Å². The first-order valence-corrected chi connectivity index (χ1v) is 13.2. The molecule has 0 unspecified atom stereocenters. The number of carbonyl (C=O) groups is 2. The summed E-state index contributed by atoms with van der Waals surface area (Å²) in [5.74, 6) is 0.805. The average molecular weight is 526 g/mol. The van der Waals surface area contributed by atoms with Gasteiger partial charge in [-0.15, -0.1) is 10.2 Å². The molecule has 0 atom stereocenters. The molecule has 1 amide bonds. The minimum atomic E-state index is -0.377. The molecule has 2 aromatic carbocycles. The van der Waals surface area contributed by atoms with Crippen LogP contribution in [0.25, 0.3) is 11.4 Å². The van der Waals surface area contributed by atoms with Crippen molar-refractivity contribution in [2.75, 3.05) is 5.75 Å². The number of nitrogens with zero attached hydrogens (tertiary/aromatic N) is 4. The van der Waals surface area contributed by atoms with Crippen molar-refractivity contribution in [2.24, 2.45) is 5.10 Å². The third-order valence-electron chi connectivity index (χ3n) is 5.92. The lowest BCUT2D eigenvalue weighted by Gasteiger charge is -2.25. The maximum Gasteiger partial charge on any atom is 0.308 e. The Hall–Kier alpha value is -3.17. The van der Waals surface area contributed by atoms with E-state index in [1.165, 1.54) is 37.9 Å². The lowest BCUT2D eigenvalue weighted by molar-refractivity contribution is -0.131. The summed E-state index contributed by atoms with van der Waals surface area (Å²) in [6, 6.07) is 14.8. The van der Waals surface area contributed by atoms with Gasteiger partial charge in [-0.2, -0.15) is 5.10 Å². The summed E-state index contributed by atoms with van der Waals surface area (Å²) < 4.78 is 7.22. The number of ether oxygens (including phenoxy) is 1. The van der Waals surface area contributed by atoms with E-state index in [-0.39, 0.29) is 17.6 Å². The van der Waals surface area contributed by atoms with E-state index in [1.54, 1.807) is 31.2 Å². The number of carbonyl (C=O) groups excluding carboxylic acids is 2. The number of hydrazone groups is 1. The molecule has 188 valence electrons. The Balaban J connectivity index is 1.42. The average Bonchev–Trinajstić information content (AvgIpc) is 3.31.